The lowest BCUT2D eigenvalue weighted by atomic mass is 10.0. The third-order valence-corrected chi connectivity index (χ3v) is 3.63. The molecule has 0 aliphatic carbocycles. The number of hydrogen-bond acceptors (Lipinski definition) is 4. The molecule has 0 amide bonds. The largest absolute Gasteiger partial charge is 0.459 e. The Balaban J connectivity index is 2.14. The van der Waals surface area contributed by atoms with Gasteiger partial charge in [-0.25, -0.2) is 9.78 Å². The average molecular weight is 276 g/mol. The Morgan fingerprint density at radius 1 is 1.55 bits per heavy atom. The Morgan fingerprint density at radius 2 is 2.35 bits per heavy atom. The number of rotatable bonds is 5. The minimum atomic E-state index is -0.276. The molecule has 1 saturated heterocycles. The van der Waals surface area contributed by atoms with E-state index in [0.29, 0.717) is 5.56 Å². The standard InChI is InChI=1S/C16H24N2O2/c1-4-6-13-8-10-18(11-13)15-14(7-5-9-17-15)16(19)20-12(2)3/h5,7,9,12-13H,4,6,8,10-11H2,1-3H3. The molecule has 4 nitrogen and oxygen atoms in total. The van der Waals surface area contributed by atoms with Gasteiger partial charge in [0.2, 0.25) is 0 Å². The maximum atomic E-state index is 12.2. The van der Waals surface area contributed by atoms with Crippen LogP contribution in [0, 0.1) is 5.92 Å². The van der Waals surface area contributed by atoms with Gasteiger partial charge in [-0.1, -0.05) is 13.3 Å². The average Bonchev–Trinajstić information content (AvgIpc) is 2.87. The molecule has 2 rings (SSSR count). The zero-order valence-electron chi connectivity index (χ0n) is 12.6. The molecule has 4 heteroatoms. The summed E-state index contributed by atoms with van der Waals surface area (Å²) in [6, 6.07) is 3.60. The highest BCUT2D eigenvalue weighted by molar-refractivity contribution is 5.94. The molecular formula is C16H24N2O2. The second-order valence-corrected chi connectivity index (χ2v) is 5.72. The minimum absolute atomic E-state index is 0.109. The van der Waals surface area contributed by atoms with Crippen LogP contribution in [-0.2, 0) is 4.74 Å². The fraction of sp³-hybridized carbons (Fsp3) is 0.625. The Bertz CT molecular complexity index is 460. The molecule has 0 saturated carbocycles. The third kappa shape index (κ3) is 3.50. The third-order valence-electron chi connectivity index (χ3n) is 3.63. The van der Waals surface area contributed by atoms with Crippen molar-refractivity contribution in [1.29, 1.82) is 0 Å². The van der Waals surface area contributed by atoms with Crippen LogP contribution in [0.3, 0.4) is 0 Å². The van der Waals surface area contributed by atoms with Gasteiger partial charge in [-0.05, 0) is 44.7 Å². The minimum Gasteiger partial charge on any atom is -0.459 e. The normalized spacial score (nSPS) is 18.6. The van der Waals surface area contributed by atoms with E-state index in [2.05, 4.69) is 16.8 Å². The van der Waals surface area contributed by atoms with Crippen molar-refractivity contribution >= 4 is 11.8 Å². The fourth-order valence-corrected chi connectivity index (χ4v) is 2.75. The predicted molar refractivity (Wildman–Crippen MR) is 80.0 cm³/mol. The van der Waals surface area contributed by atoms with Crippen LogP contribution in [-0.4, -0.2) is 30.1 Å². The van der Waals surface area contributed by atoms with Crippen LogP contribution in [0.5, 0.6) is 0 Å². The fourth-order valence-electron chi connectivity index (χ4n) is 2.75. The number of esters is 1. The topological polar surface area (TPSA) is 42.4 Å². The molecule has 0 radical (unpaired) electrons. The molecule has 1 aliphatic heterocycles. The van der Waals surface area contributed by atoms with E-state index in [1.165, 1.54) is 19.3 Å². The summed E-state index contributed by atoms with van der Waals surface area (Å²) < 4.78 is 5.31. The van der Waals surface area contributed by atoms with E-state index < -0.39 is 0 Å². The molecule has 0 aromatic carbocycles. The van der Waals surface area contributed by atoms with Gasteiger partial charge in [0.05, 0.1) is 6.10 Å². The van der Waals surface area contributed by atoms with Gasteiger partial charge in [0.1, 0.15) is 11.4 Å². The molecule has 1 fully saturated rings. The lowest BCUT2D eigenvalue weighted by molar-refractivity contribution is 0.0378. The Kier molecular flexibility index (Phi) is 4.99. The monoisotopic (exact) mass is 276 g/mol. The summed E-state index contributed by atoms with van der Waals surface area (Å²) in [5, 5.41) is 0. The van der Waals surface area contributed by atoms with E-state index in [0.717, 1.165) is 24.8 Å². The maximum Gasteiger partial charge on any atom is 0.342 e. The molecule has 1 aromatic heterocycles. The first-order chi connectivity index (χ1) is 9.61. The van der Waals surface area contributed by atoms with Gasteiger partial charge in [-0.15, -0.1) is 0 Å². The summed E-state index contributed by atoms with van der Waals surface area (Å²) in [5.41, 5.74) is 0.582. The summed E-state index contributed by atoms with van der Waals surface area (Å²) in [6.07, 6.45) is 5.28. The predicted octanol–water partition coefficient (Wildman–Crippen LogP) is 3.27. The van der Waals surface area contributed by atoms with Crippen LogP contribution >= 0.6 is 0 Å². The van der Waals surface area contributed by atoms with Gasteiger partial charge in [0.25, 0.3) is 0 Å². The highest BCUT2D eigenvalue weighted by Crippen LogP contribution is 2.27. The number of pyridine rings is 1. The first-order valence-electron chi connectivity index (χ1n) is 7.52. The van der Waals surface area contributed by atoms with Crippen molar-refractivity contribution in [2.45, 2.75) is 46.1 Å². The maximum absolute atomic E-state index is 12.2. The summed E-state index contributed by atoms with van der Waals surface area (Å²) in [4.78, 5) is 18.8. The molecule has 1 aliphatic rings. The van der Waals surface area contributed by atoms with Crippen molar-refractivity contribution in [2.75, 3.05) is 18.0 Å². The van der Waals surface area contributed by atoms with Crippen molar-refractivity contribution in [1.82, 2.24) is 4.98 Å². The molecule has 0 spiro atoms. The first-order valence-corrected chi connectivity index (χ1v) is 7.52. The second kappa shape index (κ2) is 6.73. The molecule has 1 atom stereocenters. The number of anilines is 1. The van der Waals surface area contributed by atoms with Crippen LogP contribution < -0.4 is 4.90 Å². The summed E-state index contributed by atoms with van der Waals surface area (Å²) >= 11 is 0. The highest BCUT2D eigenvalue weighted by atomic mass is 16.5. The molecule has 20 heavy (non-hydrogen) atoms. The Hall–Kier alpha value is -1.58. The lowest BCUT2D eigenvalue weighted by Gasteiger charge is -2.20. The van der Waals surface area contributed by atoms with Gasteiger partial charge in [-0.3, -0.25) is 0 Å². The quantitative estimate of drug-likeness (QED) is 0.774. The number of hydrogen-bond donors (Lipinski definition) is 0. The van der Waals surface area contributed by atoms with E-state index >= 15 is 0 Å². The smallest absolute Gasteiger partial charge is 0.342 e. The van der Waals surface area contributed by atoms with Crippen LogP contribution in [0.1, 0.15) is 50.4 Å². The SMILES string of the molecule is CCCC1CCN(c2ncccc2C(=O)OC(C)C)C1. The van der Waals surface area contributed by atoms with Crippen molar-refractivity contribution in [3.8, 4) is 0 Å². The first kappa shape index (κ1) is 14.8. The highest BCUT2D eigenvalue weighted by Gasteiger charge is 2.26. The van der Waals surface area contributed by atoms with E-state index in [1.807, 2.05) is 13.8 Å². The Labute approximate surface area is 121 Å². The van der Waals surface area contributed by atoms with E-state index in [4.69, 9.17) is 4.74 Å². The van der Waals surface area contributed by atoms with Crippen molar-refractivity contribution in [2.24, 2.45) is 5.92 Å². The number of ether oxygens (including phenoxy) is 1. The molecule has 0 N–H and O–H groups in total. The molecule has 110 valence electrons. The van der Waals surface area contributed by atoms with Gasteiger partial charge in [0, 0.05) is 19.3 Å². The van der Waals surface area contributed by atoms with Crippen LogP contribution in [0.25, 0.3) is 0 Å². The molecule has 0 bridgehead atoms. The molecule has 1 unspecified atom stereocenters. The van der Waals surface area contributed by atoms with E-state index in [9.17, 15) is 4.79 Å². The van der Waals surface area contributed by atoms with Crippen LogP contribution in [0.15, 0.2) is 18.3 Å². The van der Waals surface area contributed by atoms with Crippen LogP contribution in [0.4, 0.5) is 5.82 Å². The molecule has 1 aromatic rings. The van der Waals surface area contributed by atoms with Crippen molar-refractivity contribution in [3.63, 3.8) is 0 Å². The van der Waals surface area contributed by atoms with Crippen molar-refractivity contribution < 1.29 is 9.53 Å². The zero-order chi connectivity index (χ0) is 14.5. The van der Waals surface area contributed by atoms with Crippen LogP contribution in [0.2, 0.25) is 0 Å². The number of carbonyl (C=O) groups is 1. The summed E-state index contributed by atoms with van der Waals surface area (Å²) in [5.74, 6) is 1.22. The molecule has 2 heterocycles. The van der Waals surface area contributed by atoms with Gasteiger partial charge in [0.15, 0.2) is 0 Å². The Morgan fingerprint density at radius 3 is 3.05 bits per heavy atom. The van der Waals surface area contributed by atoms with Gasteiger partial charge in [-0.2, -0.15) is 0 Å². The van der Waals surface area contributed by atoms with E-state index in [-0.39, 0.29) is 12.1 Å². The van der Waals surface area contributed by atoms with E-state index in [1.54, 1.807) is 18.3 Å². The van der Waals surface area contributed by atoms with Gasteiger partial charge < -0.3 is 9.64 Å². The second-order valence-electron chi connectivity index (χ2n) is 5.72. The van der Waals surface area contributed by atoms with Crippen molar-refractivity contribution in [3.05, 3.63) is 23.9 Å². The zero-order valence-corrected chi connectivity index (χ0v) is 12.6. The number of nitrogens with zero attached hydrogens (tertiary/aromatic N) is 2. The number of aromatic nitrogens is 1. The molecular weight excluding hydrogens is 252 g/mol. The summed E-state index contributed by atoms with van der Waals surface area (Å²) in [7, 11) is 0. The number of carbonyl (C=O) groups excluding carboxylic acids is 1. The lowest BCUT2D eigenvalue weighted by Crippen LogP contribution is -2.24. The summed E-state index contributed by atoms with van der Waals surface area (Å²) in [6.45, 7) is 7.91. The van der Waals surface area contributed by atoms with Gasteiger partial charge >= 0.3 is 5.97 Å².